The lowest BCUT2D eigenvalue weighted by Crippen LogP contribution is -2.47. The van der Waals surface area contributed by atoms with E-state index in [2.05, 4.69) is 35.2 Å². The molecule has 1 amide bonds. The number of methoxy groups -OCH3 is 1. The molecule has 2 heterocycles. The second kappa shape index (κ2) is 9.17. The number of rotatable bonds is 5. The second-order valence-corrected chi connectivity index (χ2v) is 7.59. The third kappa shape index (κ3) is 5.07. The number of piperidine rings is 2. The maximum atomic E-state index is 12.6. The van der Waals surface area contributed by atoms with E-state index in [1.165, 1.54) is 12.7 Å². The van der Waals surface area contributed by atoms with Crippen LogP contribution in [-0.2, 0) is 20.7 Å². The summed E-state index contributed by atoms with van der Waals surface area (Å²) in [5, 5.41) is 0. The Morgan fingerprint density at radius 1 is 1.00 bits per heavy atom. The van der Waals surface area contributed by atoms with E-state index in [1.54, 1.807) is 0 Å². The zero-order valence-corrected chi connectivity index (χ0v) is 15.7. The number of hydrogen-bond acceptors (Lipinski definition) is 4. The van der Waals surface area contributed by atoms with Crippen LogP contribution in [0.4, 0.5) is 0 Å². The van der Waals surface area contributed by atoms with Gasteiger partial charge in [-0.15, -0.1) is 0 Å². The number of likely N-dealkylation sites (tertiary alicyclic amines) is 2. The maximum Gasteiger partial charge on any atom is 0.308 e. The highest BCUT2D eigenvalue weighted by atomic mass is 16.5. The van der Waals surface area contributed by atoms with Crippen LogP contribution in [0, 0.1) is 11.8 Å². The standard InChI is InChI=1S/C21H30N2O3/c1-26-21(25)19-9-13-23(14-10-19)20(24)16-22-11-7-18(8-12-22)15-17-5-3-2-4-6-17/h2-6,18-19H,7-16H2,1H3. The molecule has 0 spiro atoms. The smallest absolute Gasteiger partial charge is 0.308 e. The predicted molar refractivity (Wildman–Crippen MR) is 101 cm³/mol. The van der Waals surface area contributed by atoms with Crippen LogP contribution in [0.2, 0.25) is 0 Å². The highest BCUT2D eigenvalue weighted by Gasteiger charge is 2.29. The van der Waals surface area contributed by atoms with Crippen molar-refractivity contribution >= 4 is 11.9 Å². The Morgan fingerprint density at radius 3 is 2.27 bits per heavy atom. The average Bonchev–Trinajstić information content (AvgIpc) is 2.70. The number of amides is 1. The van der Waals surface area contributed by atoms with Gasteiger partial charge in [0.25, 0.3) is 0 Å². The molecule has 0 bridgehead atoms. The predicted octanol–water partition coefficient (Wildman–Crippen LogP) is 2.35. The monoisotopic (exact) mass is 358 g/mol. The summed E-state index contributed by atoms with van der Waals surface area (Å²) in [6.45, 7) is 3.86. The van der Waals surface area contributed by atoms with Crippen molar-refractivity contribution in [3.05, 3.63) is 35.9 Å². The summed E-state index contributed by atoms with van der Waals surface area (Å²) in [5.41, 5.74) is 1.41. The summed E-state index contributed by atoms with van der Waals surface area (Å²) in [5.74, 6) is 0.741. The van der Waals surface area contributed by atoms with Crippen molar-refractivity contribution in [1.82, 2.24) is 9.80 Å². The van der Waals surface area contributed by atoms with Gasteiger partial charge in [0.2, 0.25) is 5.91 Å². The lowest BCUT2D eigenvalue weighted by Gasteiger charge is -2.35. The van der Waals surface area contributed by atoms with Crippen LogP contribution in [0.1, 0.15) is 31.2 Å². The fraction of sp³-hybridized carbons (Fsp3) is 0.619. The average molecular weight is 358 g/mol. The van der Waals surface area contributed by atoms with Gasteiger partial charge in [-0.1, -0.05) is 30.3 Å². The summed E-state index contributed by atoms with van der Waals surface area (Å²) >= 11 is 0. The molecule has 142 valence electrons. The van der Waals surface area contributed by atoms with E-state index in [-0.39, 0.29) is 17.8 Å². The quantitative estimate of drug-likeness (QED) is 0.758. The number of ether oxygens (including phenoxy) is 1. The van der Waals surface area contributed by atoms with Gasteiger partial charge in [-0.05, 0) is 56.7 Å². The van der Waals surface area contributed by atoms with Crippen molar-refractivity contribution < 1.29 is 14.3 Å². The highest BCUT2D eigenvalue weighted by molar-refractivity contribution is 5.79. The molecular formula is C21H30N2O3. The summed E-state index contributed by atoms with van der Waals surface area (Å²) in [6.07, 6.45) is 4.90. The zero-order valence-electron chi connectivity index (χ0n) is 15.7. The van der Waals surface area contributed by atoms with E-state index in [0.29, 0.717) is 19.6 Å². The van der Waals surface area contributed by atoms with Crippen LogP contribution in [-0.4, -0.2) is 61.5 Å². The molecule has 1 aromatic carbocycles. The minimum Gasteiger partial charge on any atom is -0.469 e. The molecule has 26 heavy (non-hydrogen) atoms. The van der Waals surface area contributed by atoms with Gasteiger partial charge in [0, 0.05) is 13.1 Å². The SMILES string of the molecule is COC(=O)C1CCN(C(=O)CN2CCC(Cc3ccccc3)CC2)CC1. The molecular weight excluding hydrogens is 328 g/mol. The van der Waals surface area contributed by atoms with E-state index in [4.69, 9.17) is 4.74 Å². The summed E-state index contributed by atoms with van der Waals surface area (Å²) in [6, 6.07) is 10.7. The second-order valence-electron chi connectivity index (χ2n) is 7.59. The van der Waals surface area contributed by atoms with E-state index < -0.39 is 0 Å². The van der Waals surface area contributed by atoms with Crippen molar-refractivity contribution in [2.24, 2.45) is 11.8 Å². The minimum atomic E-state index is -0.141. The van der Waals surface area contributed by atoms with Gasteiger partial charge < -0.3 is 9.64 Å². The Bertz CT molecular complexity index is 589. The highest BCUT2D eigenvalue weighted by Crippen LogP contribution is 2.22. The molecule has 2 aliphatic rings. The fourth-order valence-electron chi connectivity index (χ4n) is 4.12. The zero-order chi connectivity index (χ0) is 18.4. The van der Waals surface area contributed by atoms with Gasteiger partial charge in [-0.3, -0.25) is 14.5 Å². The molecule has 0 radical (unpaired) electrons. The van der Waals surface area contributed by atoms with E-state index >= 15 is 0 Å². The van der Waals surface area contributed by atoms with Gasteiger partial charge in [0.15, 0.2) is 0 Å². The molecule has 0 atom stereocenters. The third-order valence-corrected chi connectivity index (χ3v) is 5.82. The van der Waals surface area contributed by atoms with E-state index in [9.17, 15) is 9.59 Å². The Balaban J connectivity index is 1.38. The molecule has 5 nitrogen and oxygen atoms in total. The van der Waals surface area contributed by atoms with Crippen molar-refractivity contribution in [2.45, 2.75) is 32.1 Å². The number of nitrogens with zero attached hydrogens (tertiary/aromatic N) is 2. The number of benzene rings is 1. The van der Waals surface area contributed by atoms with Crippen molar-refractivity contribution in [1.29, 1.82) is 0 Å². The van der Waals surface area contributed by atoms with Gasteiger partial charge in [-0.2, -0.15) is 0 Å². The summed E-state index contributed by atoms with van der Waals surface area (Å²) in [4.78, 5) is 28.3. The molecule has 0 aromatic heterocycles. The van der Waals surface area contributed by atoms with Crippen molar-refractivity contribution in [2.75, 3.05) is 39.8 Å². The Labute approximate surface area is 156 Å². The first-order chi connectivity index (χ1) is 12.7. The number of esters is 1. The first-order valence-electron chi connectivity index (χ1n) is 9.77. The molecule has 2 aliphatic heterocycles. The van der Waals surface area contributed by atoms with Crippen LogP contribution >= 0.6 is 0 Å². The van der Waals surface area contributed by atoms with Gasteiger partial charge in [0.05, 0.1) is 19.6 Å². The Hall–Kier alpha value is -1.88. The van der Waals surface area contributed by atoms with Gasteiger partial charge >= 0.3 is 5.97 Å². The third-order valence-electron chi connectivity index (χ3n) is 5.82. The molecule has 2 saturated heterocycles. The molecule has 5 heteroatoms. The molecule has 0 N–H and O–H groups in total. The van der Waals surface area contributed by atoms with Crippen LogP contribution in [0.25, 0.3) is 0 Å². The molecule has 0 unspecified atom stereocenters. The molecule has 2 fully saturated rings. The largest absolute Gasteiger partial charge is 0.469 e. The molecule has 0 saturated carbocycles. The van der Waals surface area contributed by atoms with Crippen LogP contribution in [0.5, 0.6) is 0 Å². The van der Waals surface area contributed by atoms with Gasteiger partial charge in [-0.25, -0.2) is 0 Å². The van der Waals surface area contributed by atoms with Crippen molar-refractivity contribution in [3.8, 4) is 0 Å². The summed E-state index contributed by atoms with van der Waals surface area (Å²) in [7, 11) is 1.43. The maximum absolute atomic E-state index is 12.6. The lowest BCUT2D eigenvalue weighted by atomic mass is 9.90. The lowest BCUT2D eigenvalue weighted by molar-refractivity contribution is -0.149. The Kier molecular flexibility index (Phi) is 6.67. The van der Waals surface area contributed by atoms with Crippen LogP contribution in [0.15, 0.2) is 30.3 Å². The number of carbonyl (C=O) groups excluding carboxylic acids is 2. The summed E-state index contributed by atoms with van der Waals surface area (Å²) < 4.78 is 4.81. The van der Waals surface area contributed by atoms with E-state index in [1.807, 2.05) is 4.90 Å². The number of carbonyl (C=O) groups is 2. The first kappa shape index (κ1) is 18.9. The van der Waals surface area contributed by atoms with Crippen LogP contribution < -0.4 is 0 Å². The molecule has 1 aromatic rings. The van der Waals surface area contributed by atoms with Crippen molar-refractivity contribution in [3.63, 3.8) is 0 Å². The normalized spacial score (nSPS) is 20.1. The first-order valence-corrected chi connectivity index (χ1v) is 9.77. The number of hydrogen-bond donors (Lipinski definition) is 0. The molecule has 3 rings (SSSR count). The minimum absolute atomic E-state index is 0.0437. The topological polar surface area (TPSA) is 49.9 Å². The van der Waals surface area contributed by atoms with E-state index in [0.717, 1.165) is 51.1 Å². The molecule has 0 aliphatic carbocycles. The fourth-order valence-corrected chi connectivity index (χ4v) is 4.12. The van der Waals surface area contributed by atoms with Crippen LogP contribution in [0.3, 0.4) is 0 Å². The van der Waals surface area contributed by atoms with Gasteiger partial charge in [0.1, 0.15) is 0 Å². The Morgan fingerprint density at radius 2 is 1.65 bits per heavy atom.